The fourth-order valence-electron chi connectivity index (χ4n) is 4.26. The molecule has 0 unspecified atom stereocenters. The van der Waals surface area contributed by atoms with Gasteiger partial charge in [-0.3, -0.25) is 14.7 Å². The zero-order chi connectivity index (χ0) is 22.4. The molecule has 2 saturated heterocycles. The molecule has 2 aromatic rings. The summed E-state index contributed by atoms with van der Waals surface area (Å²) >= 11 is 0. The van der Waals surface area contributed by atoms with E-state index in [1.54, 1.807) is 30.3 Å². The van der Waals surface area contributed by atoms with Crippen LogP contribution in [-0.4, -0.2) is 65.2 Å². The van der Waals surface area contributed by atoms with E-state index in [4.69, 9.17) is 14.6 Å². The van der Waals surface area contributed by atoms with Crippen molar-refractivity contribution in [3.05, 3.63) is 66.0 Å². The summed E-state index contributed by atoms with van der Waals surface area (Å²) in [6.45, 7) is 0. The van der Waals surface area contributed by atoms with Gasteiger partial charge in [0.2, 0.25) is 0 Å². The van der Waals surface area contributed by atoms with Crippen molar-refractivity contribution >= 4 is 17.9 Å². The third-order valence-electron chi connectivity index (χ3n) is 5.86. The lowest BCUT2D eigenvalue weighted by atomic mass is 9.87. The van der Waals surface area contributed by atoms with Gasteiger partial charge in [0.15, 0.2) is 0 Å². The van der Waals surface area contributed by atoms with Gasteiger partial charge in [0.25, 0.3) is 0 Å². The topological polar surface area (TPSA) is 106 Å². The molecule has 2 bridgehead atoms. The van der Waals surface area contributed by atoms with Gasteiger partial charge in [-0.05, 0) is 44.2 Å². The minimum Gasteiger partial charge on any atom is -0.478 e. The predicted octanol–water partition coefficient (Wildman–Crippen LogP) is 2.65. The number of esters is 2. The molecule has 0 aliphatic carbocycles. The molecule has 31 heavy (non-hydrogen) atoms. The molecule has 4 atom stereocenters. The largest absolute Gasteiger partial charge is 0.478 e. The number of benzene rings is 1. The molecule has 8 heteroatoms. The Labute approximate surface area is 180 Å². The summed E-state index contributed by atoms with van der Waals surface area (Å²) < 4.78 is 10.6. The van der Waals surface area contributed by atoms with Gasteiger partial charge in [-0.1, -0.05) is 18.2 Å². The Hall–Kier alpha value is -3.26. The number of aromatic nitrogens is 1. The molecule has 2 fully saturated rings. The van der Waals surface area contributed by atoms with Crippen LogP contribution in [0.3, 0.4) is 0 Å². The molecule has 8 nitrogen and oxygen atoms in total. The second-order valence-corrected chi connectivity index (χ2v) is 7.61. The molecule has 2 aliphatic rings. The van der Waals surface area contributed by atoms with Crippen molar-refractivity contribution in [1.82, 2.24) is 9.88 Å². The maximum absolute atomic E-state index is 12.3. The van der Waals surface area contributed by atoms with Gasteiger partial charge in [-0.2, -0.15) is 0 Å². The number of carbonyl (C=O) groups excluding carboxylic acids is 2. The van der Waals surface area contributed by atoms with Crippen LogP contribution in [0.1, 0.15) is 40.0 Å². The molecule has 0 saturated carbocycles. The lowest BCUT2D eigenvalue weighted by Gasteiger charge is -2.40. The summed E-state index contributed by atoms with van der Waals surface area (Å²) in [5.41, 5.74) is 0.731. The Morgan fingerprint density at radius 1 is 1.06 bits per heavy atom. The summed E-state index contributed by atoms with van der Waals surface area (Å²) in [7, 11) is 3.42. The summed E-state index contributed by atoms with van der Waals surface area (Å²) in [6.07, 6.45) is 5.10. The molecule has 1 N–H and O–H groups in total. The number of hydrogen-bond donors (Lipinski definition) is 1. The van der Waals surface area contributed by atoms with Crippen molar-refractivity contribution in [3.63, 3.8) is 0 Å². The van der Waals surface area contributed by atoms with Crippen molar-refractivity contribution in [2.75, 3.05) is 14.2 Å². The summed E-state index contributed by atoms with van der Waals surface area (Å²) in [5.74, 6) is -2.00. The number of fused-ring (bicyclic) bond motifs is 2. The molecule has 0 radical (unpaired) electrons. The predicted molar refractivity (Wildman–Crippen MR) is 112 cm³/mol. The number of nitrogens with zero attached hydrogens (tertiary/aromatic N) is 2. The molecule has 4 rings (SSSR count). The summed E-state index contributed by atoms with van der Waals surface area (Å²) in [4.78, 5) is 40.5. The highest BCUT2D eigenvalue weighted by Gasteiger charge is 2.50. The quantitative estimate of drug-likeness (QED) is 0.744. The van der Waals surface area contributed by atoms with Gasteiger partial charge >= 0.3 is 17.9 Å². The SMILES string of the molecule is COC(=O)[C@H]1[C@@H](OC(=O)c2ccccc2)C[C@@H]2CC[C@H]1N2C.O=C(O)c1cccnc1. The maximum atomic E-state index is 12.3. The second kappa shape index (κ2) is 10.2. The van der Waals surface area contributed by atoms with Crippen molar-refractivity contribution in [2.24, 2.45) is 5.92 Å². The van der Waals surface area contributed by atoms with Crippen LogP contribution in [0, 0.1) is 5.92 Å². The van der Waals surface area contributed by atoms with E-state index >= 15 is 0 Å². The molecule has 1 aromatic carbocycles. The number of carboxylic acids is 1. The molecule has 0 spiro atoms. The Morgan fingerprint density at radius 3 is 2.35 bits per heavy atom. The molecular weight excluding hydrogens is 400 g/mol. The number of carboxylic acid groups (broad SMARTS) is 1. The van der Waals surface area contributed by atoms with Gasteiger partial charge in [0, 0.05) is 30.9 Å². The molecule has 3 heterocycles. The number of methoxy groups -OCH3 is 1. The van der Waals surface area contributed by atoms with Crippen LogP contribution in [0.25, 0.3) is 0 Å². The van der Waals surface area contributed by atoms with E-state index in [-0.39, 0.29) is 23.5 Å². The van der Waals surface area contributed by atoms with E-state index < -0.39 is 18.0 Å². The molecule has 0 amide bonds. The monoisotopic (exact) mass is 426 g/mol. The Bertz CT molecular complexity index is 905. The zero-order valence-electron chi connectivity index (χ0n) is 17.5. The fourth-order valence-corrected chi connectivity index (χ4v) is 4.26. The van der Waals surface area contributed by atoms with Gasteiger partial charge in [0.1, 0.15) is 12.0 Å². The minimum atomic E-state index is -0.942. The molecular formula is C23H26N2O6. The highest BCUT2D eigenvalue weighted by Crippen LogP contribution is 2.40. The number of ether oxygens (including phenoxy) is 2. The lowest BCUT2D eigenvalue weighted by Crippen LogP contribution is -2.53. The fraction of sp³-hybridized carbons (Fsp3) is 0.391. The highest BCUT2D eigenvalue weighted by molar-refractivity contribution is 5.89. The van der Waals surface area contributed by atoms with Crippen LogP contribution in [-0.2, 0) is 14.3 Å². The first-order valence-corrected chi connectivity index (χ1v) is 10.1. The Balaban J connectivity index is 0.000000254. The smallest absolute Gasteiger partial charge is 0.338 e. The van der Waals surface area contributed by atoms with E-state index in [1.807, 2.05) is 13.1 Å². The van der Waals surface area contributed by atoms with Gasteiger partial charge in [0.05, 0.1) is 18.2 Å². The van der Waals surface area contributed by atoms with Crippen molar-refractivity contribution in [3.8, 4) is 0 Å². The van der Waals surface area contributed by atoms with Crippen LogP contribution in [0.5, 0.6) is 0 Å². The number of carbonyl (C=O) groups is 3. The number of pyridine rings is 1. The molecule has 2 aliphatic heterocycles. The Morgan fingerprint density at radius 2 is 1.77 bits per heavy atom. The third kappa shape index (κ3) is 5.27. The Kier molecular flexibility index (Phi) is 7.36. The van der Waals surface area contributed by atoms with E-state index in [9.17, 15) is 14.4 Å². The van der Waals surface area contributed by atoms with Crippen LogP contribution in [0.2, 0.25) is 0 Å². The average Bonchev–Trinajstić information content (AvgIpc) is 3.03. The van der Waals surface area contributed by atoms with Crippen molar-refractivity contribution < 1.29 is 29.0 Å². The first-order valence-electron chi connectivity index (χ1n) is 10.1. The van der Waals surface area contributed by atoms with Gasteiger partial charge < -0.3 is 14.6 Å². The van der Waals surface area contributed by atoms with Crippen molar-refractivity contribution in [1.29, 1.82) is 0 Å². The van der Waals surface area contributed by atoms with Gasteiger partial charge in [-0.25, -0.2) is 9.59 Å². The average molecular weight is 426 g/mol. The first kappa shape index (κ1) is 22.4. The number of hydrogen-bond acceptors (Lipinski definition) is 7. The minimum absolute atomic E-state index is 0.0970. The summed E-state index contributed by atoms with van der Waals surface area (Å²) in [6, 6.07) is 12.4. The van der Waals surface area contributed by atoms with E-state index in [1.165, 1.54) is 25.6 Å². The maximum Gasteiger partial charge on any atom is 0.338 e. The van der Waals surface area contributed by atoms with Crippen LogP contribution < -0.4 is 0 Å². The first-order chi connectivity index (χ1) is 14.9. The normalized spacial score (nSPS) is 24.5. The highest BCUT2D eigenvalue weighted by atomic mass is 16.6. The van der Waals surface area contributed by atoms with Crippen LogP contribution in [0.4, 0.5) is 0 Å². The zero-order valence-corrected chi connectivity index (χ0v) is 17.5. The lowest BCUT2D eigenvalue weighted by molar-refractivity contribution is -0.156. The van der Waals surface area contributed by atoms with Crippen LogP contribution >= 0.6 is 0 Å². The van der Waals surface area contributed by atoms with Gasteiger partial charge in [-0.15, -0.1) is 0 Å². The third-order valence-corrected chi connectivity index (χ3v) is 5.86. The van der Waals surface area contributed by atoms with Crippen LogP contribution in [0.15, 0.2) is 54.9 Å². The standard InChI is InChI=1S/C17H21NO4.C6H5NO2/c1-18-12-8-9-13(18)15(17(20)21-2)14(10-12)22-16(19)11-6-4-3-5-7-11;8-6(9)5-2-1-3-7-4-5/h3-7,12-15H,8-10H2,1-2H3;1-4H,(H,8,9)/t12-,13+,14-,15+;/m0./s1. The number of aromatic carboxylic acids is 1. The number of piperidine rings is 1. The van der Waals surface area contributed by atoms with E-state index in [0.29, 0.717) is 18.0 Å². The van der Waals surface area contributed by atoms with E-state index in [0.717, 1.165) is 12.8 Å². The van der Waals surface area contributed by atoms with E-state index in [2.05, 4.69) is 9.88 Å². The summed E-state index contributed by atoms with van der Waals surface area (Å²) in [5, 5.41) is 8.34. The molecule has 164 valence electrons. The second-order valence-electron chi connectivity index (χ2n) is 7.61. The van der Waals surface area contributed by atoms with Crippen molar-refractivity contribution in [2.45, 2.75) is 37.5 Å². The number of rotatable bonds is 4. The molecule has 1 aromatic heterocycles.